The molecule has 0 aromatic carbocycles. The summed E-state index contributed by atoms with van der Waals surface area (Å²) in [5, 5.41) is 2.97. The molecule has 0 unspecified atom stereocenters. The molecule has 1 saturated carbocycles. The van der Waals surface area contributed by atoms with Gasteiger partial charge in [-0.15, -0.1) is 0 Å². The van der Waals surface area contributed by atoms with Crippen LogP contribution in [0.4, 0.5) is 5.82 Å². The van der Waals surface area contributed by atoms with Crippen LogP contribution in [0.25, 0.3) is 0 Å². The van der Waals surface area contributed by atoms with E-state index < -0.39 is 0 Å². The second-order valence-electron chi connectivity index (χ2n) is 4.56. The van der Waals surface area contributed by atoms with Crippen molar-refractivity contribution in [3.8, 4) is 0 Å². The highest BCUT2D eigenvalue weighted by Crippen LogP contribution is 2.47. The summed E-state index contributed by atoms with van der Waals surface area (Å²) in [5.74, 6) is 1.18. The molecule has 4 heteroatoms. The van der Waals surface area contributed by atoms with Crippen LogP contribution in [0.1, 0.15) is 20.3 Å². The van der Waals surface area contributed by atoms with Crippen LogP contribution in [0.15, 0.2) is 29.4 Å². The highest BCUT2D eigenvalue weighted by Gasteiger charge is 2.45. The average Bonchev–Trinajstić information content (AvgIpc) is 2.74. The molecule has 1 aromatic heterocycles. The van der Waals surface area contributed by atoms with Gasteiger partial charge in [-0.25, -0.2) is 9.98 Å². The Morgan fingerprint density at radius 2 is 2.33 bits per heavy atom. The number of guanidine groups is 1. The molecule has 2 rings (SSSR count). The third-order valence-corrected chi connectivity index (χ3v) is 2.68. The molecule has 1 atom stereocenters. The van der Waals surface area contributed by atoms with Crippen molar-refractivity contribution in [1.82, 2.24) is 4.98 Å². The lowest BCUT2D eigenvalue weighted by atomic mass is 10.2. The van der Waals surface area contributed by atoms with E-state index in [-0.39, 0.29) is 0 Å². The molecule has 15 heavy (non-hydrogen) atoms. The lowest BCUT2D eigenvalue weighted by molar-refractivity contribution is 0.618. The second kappa shape index (κ2) is 3.53. The van der Waals surface area contributed by atoms with Crippen molar-refractivity contribution in [1.29, 1.82) is 0 Å². The number of rotatable bonds is 2. The number of hydrogen-bond donors (Lipinski definition) is 2. The van der Waals surface area contributed by atoms with Gasteiger partial charge >= 0.3 is 0 Å². The lowest BCUT2D eigenvalue weighted by Gasteiger charge is -2.04. The summed E-state index contributed by atoms with van der Waals surface area (Å²) in [6.45, 7) is 4.38. The minimum Gasteiger partial charge on any atom is -0.370 e. The molecule has 1 fully saturated rings. The molecular formula is C11H16N4. The van der Waals surface area contributed by atoms with E-state index in [1.54, 1.807) is 6.20 Å². The number of hydrogen-bond acceptors (Lipinski definition) is 2. The number of pyridine rings is 1. The van der Waals surface area contributed by atoms with E-state index in [1.165, 1.54) is 0 Å². The van der Waals surface area contributed by atoms with Gasteiger partial charge in [-0.1, -0.05) is 19.9 Å². The van der Waals surface area contributed by atoms with Crippen molar-refractivity contribution in [2.75, 3.05) is 5.32 Å². The van der Waals surface area contributed by atoms with Gasteiger partial charge in [-0.05, 0) is 24.0 Å². The zero-order valence-electron chi connectivity index (χ0n) is 9.07. The maximum Gasteiger partial charge on any atom is 0.194 e. The Kier molecular flexibility index (Phi) is 2.34. The molecule has 0 saturated heterocycles. The fraction of sp³-hybridized carbons (Fsp3) is 0.455. The van der Waals surface area contributed by atoms with Crippen LogP contribution in [-0.2, 0) is 0 Å². The molecule has 4 nitrogen and oxygen atoms in total. The van der Waals surface area contributed by atoms with Gasteiger partial charge in [0.2, 0.25) is 0 Å². The normalized spacial score (nSPS) is 23.6. The van der Waals surface area contributed by atoms with E-state index in [9.17, 15) is 0 Å². The van der Waals surface area contributed by atoms with Gasteiger partial charge < -0.3 is 11.1 Å². The number of aromatic nitrogens is 1. The maximum absolute atomic E-state index is 5.77. The number of aliphatic imine (C=N–C) groups is 1. The van der Waals surface area contributed by atoms with Crippen LogP contribution in [0.2, 0.25) is 0 Å². The average molecular weight is 204 g/mol. The molecule has 1 aliphatic rings. The maximum atomic E-state index is 5.77. The second-order valence-corrected chi connectivity index (χ2v) is 4.56. The zero-order valence-corrected chi connectivity index (χ0v) is 9.07. The fourth-order valence-corrected chi connectivity index (χ4v) is 1.43. The van der Waals surface area contributed by atoms with Crippen molar-refractivity contribution in [2.24, 2.45) is 16.1 Å². The van der Waals surface area contributed by atoms with E-state index >= 15 is 0 Å². The van der Waals surface area contributed by atoms with Crippen LogP contribution in [0, 0.1) is 5.41 Å². The van der Waals surface area contributed by atoms with Gasteiger partial charge in [0, 0.05) is 6.20 Å². The Hall–Kier alpha value is -1.58. The van der Waals surface area contributed by atoms with Crippen molar-refractivity contribution in [3.05, 3.63) is 24.4 Å². The minimum atomic E-state index is 0.316. The topological polar surface area (TPSA) is 63.3 Å². The molecule has 1 aromatic rings. The standard InChI is InChI=1S/C11H16N4/c1-11(2)7-8(11)14-10(12)15-9-5-3-4-6-13-9/h3-6,8H,7H2,1-2H3,(H3,12,13,14,15)/t8-/m0/s1. The fourth-order valence-electron chi connectivity index (χ4n) is 1.43. The quantitative estimate of drug-likeness (QED) is 0.568. The highest BCUT2D eigenvalue weighted by atomic mass is 15.2. The molecular weight excluding hydrogens is 188 g/mol. The summed E-state index contributed by atoms with van der Waals surface area (Å²) in [6.07, 6.45) is 2.83. The number of nitrogens with one attached hydrogen (secondary N) is 1. The van der Waals surface area contributed by atoms with E-state index in [1.807, 2.05) is 18.2 Å². The van der Waals surface area contributed by atoms with Gasteiger partial charge in [0.25, 0.3) is 0 Å². The Morgan fingerprint density at radius 3 is 2.87 bits per heavy atom. The van der Waals surface area contributed by atoms with E-state index in [4.69, 9.17) is 5.73 Å². The van der Waals surface area contributed by atoms with Crippen molar-refractivity contribution >= 4 is 11.8 Å². The summed E-state index contributed by atoms with van der Waals surface area (Å²) in [6, 6.07) is 5.99. The first kappa shape index (κ1) is 9.96. The Bertz CT molecular complexity index is 369. The molecule has 0 amide bonds. The Morgan fingerprint density at radius 1 is 1.60 bits per heavy atom. The number of anilines is 1. The lowest BCUT2D eigenvalue weighted by Crippen LogP contribution is -2.24. The van der Waals surface area contributed by atoms with Crippen LogP contribution in [-0.4, -0.2) is 17.0 Å². The van der Waals surface area contributed by atoms with Crippen molar-refractivity contribution in [3.63, 3.8) is 0 Å². The zero-order chi connectivity index (χ0) is 10.9. The molecule has 3 N–H and O–H groups in total. The molecule has 0 bridgehead atoms. The summed E-state index contributed by atoms with van der Waals surface area (Å²) in [7, 11) is 0. The van der Waals surface area contributed by atoms with Crippen LogP contribution in [0.3, 0.4) is 0 Å². The highest BCUT2D eigenvalue weighted by molar-refractivity contribution is 5.91. The Balaban J connectivity index is 1.96. The van der Waals surface area contributed by atoms with Crippen LogP contribution >= 0.6 is 0 Å². The molecule has 1 aliphatic carbocycles. The van der Waals surface area contributed by atoms with E-state index in [2.05, 4.69) is 29.1 Å². The SMILES string of the molecule is CC1(C)C[C@@H]1N=C(N)Nc1ccccn1. The summed E-state index contributed by atoms with van der Waals surface area (Å²) < 4.78 is 0. The van der Waals surface area contributed by atoms with Gasteiger partial charge in [0.15, 0.2) is 5.96 Å². The largest absolute Gasteiger partial charge is 0.370 e. The number of nitrogens with zero attached hydrogens (tertiary/aromatic N) is 2. The van der Waals surface area contributed by atoms with Crippen LogP contribution < -0.4 is 11.1 Å². The molecule has 80 valence electrons. The van der Waals surface area contributed by atoms with Crippen LogP contribution in [0.5, 0.6) is 0 Å². The predicted molar refractivity (Wildman–Crippen MR) is 61.7 cm³/mol. The molecule has 0 spiro atoms. The summed E-state index contributed by atoms with van der Waals surface area (Å²) in [5.41, 5.74) is 6.08. The van der Waals surface area contributed by atoms with Gasteiger partial charge in [0.1, 0.15) is 5.82 Å². The van der Waals surface area contributed by atoms with Gasteiger partial charge in [-0.3, -0.25) is 0 Å². The van der Waals surface area contributed by atoms with E-state index in [0.29, 0.717) is 17.4 Å². The molecule has 1 heterocycles. The predicted octanol–water partition coefficient (Wildman–Crippen LogP) is 1.61. The first-order valence-electron chi connectivity index (χ1n) is 5.09. The van der Waals surface area contributed by atoms with Crippen molar-refractivity contribution in [2.45, 2.75) is 26.3 Å². The van der Waals surface area contributed by atoms with Crippen molar-refractivity contribution < 1.29 is 0 Å². The molecule has 0 aliphatic heterocycles. The smallest absolute Gasteiger partial charge is 0.194 e. The minimum absolute atomic E-state index is 0.316. The summed E-state index contributed by atoms with van der Waals surface area (Å²) in [4.78, 5) is 8.49. The third-order valence-electron chi connectivity index (χ3n) is 2.68. The number of nitrogens with two attached hydrogens (primary N) is 1. The first-order valence-corrected chi connectivity index (χ1v) is 5.09. The summed E-state index contributed by atoms with van der Waals surface area (Å²) >= 11 is 0. The monoisotopic (exact) mass is 204 g/mol. The molecule has 0 radical (unpaired) electrons. The first-order chi connectivity index (χ1) is 7.08. The Labute approximate surface area is 89.6 Å². The van der Waals surface area contributed by atoms with Gasteiger partial charge in [-0.2, -0.15) is 0 Å². The third kappa shape index (κ3) is 2.46. The van der Waals surface area contributed by atoms with Gasteiger partial charge in [0.05, 0.1) is 6.04 Å². The van der Waals surface area contributed by atoms with E-state index in [0.717, 1.165) is 12.2 Å².